The second kappa shape index (κ2) is 12.8. The van der Waals surface area contributed by atoms with Crippen molar-refractivity contribution >= 4 is 61.6 Å². The third-order valence-electron chi connectivity index (χ3n) is 7.17. The van der Waals surface area contributed by atoms with Gasteiger partial charge >= 0.3 is 5.97 Å². The first kappa shape index (κ1) is 30.0. The zero-order valence-electron chi connectivity index (χ0n) is 22.9. The van der Waals surface area contributed by atoms with Crippen LogP contribution in [0.5, 0.6) is 0 Å². The number of carboxylic acids is 1. The summed E-state index contributed by atoms with van der Waals surface area (Å²) in [4.78, 5) is 23.6. The van der Waals surface area contributed by atoms with Gasteiger partial charge in [-0.2, -0.15) is 0 Å². The van der Waals surface area contributed by atoms with Crippen LogP contribution in [0.25, 0.3) is 21.9 Å². The molecule has 1 unspecified atom stereocenters. The van der Waals surface area contributed by atoms with Crippen LogP contribution < -0.4 is 9.21 Å². The van der Waals surface area contributed by atoms with E-state index < -0.39 is 22.0 Å². The van der Waals surface area contributed by atoms with Gasteiger partial charge < -0.3 is 14.7 Å². The standard InChI is InChI=1S/C30H30Cl2N4O5S/c1-2-3-9-28(29(37)38)36(42(39,40)23-16-21(31)15-22(32)17-23)27-10-5-7-25-24(6-4-8-26(25)27)20-18-33-30(34-19-20)35-11-13-41-14-12-35/h4-8,10,15-19,28H,2-3,9,11-14H2,1H3,(H,37,38). The number of hydrogen-bond acceptors (Lipinski definition) is 7. The number of sulfonamides is 1. The van der Waals surface area contributed by atoms with Gasteiger partial charge in [0.25, 0.3) is 10.0 Å². The van der Waals surface area contributed by atoms with Gasteiger partial charge in [0, 0.05) is 46.5 Å². The van der Waals surface area contributed by atoms with Gasteiger partial charge in [-0.1, -0.05) is 73.3 Å². The van der Waals surface area contributed by atoms with E-state index in [1.54, 1.807) is 36.7 Å². The van der Waals surface area contributed by atoms with Crippen molar-refractivity contribution in [1.82, 2.24) is 9.97 Å². The topological polar surface area (TPSA) is 113 Å². The molecule has 42 heavy (non-hydrogen) atoms. The minimum absolute atomic E-state index is 0.117. The van der Waals surface area contributed by atoms with Crippen LogP contribution in [0.3, 0.4) is 0 Å². The fourth-order valence-electron chi connectivity index (χ4n) is 5.12. The monoisotopic (exact) mass is 628 g/mol. The lowest BCUT2D eigenvalue weighted by Gasteiger charge is -2.31. The van der Waals surface area contributed by atoms with Crippen molar-refractivity contribution in [2.24, 2.45) is 0 Å². The Kier molecular flexibility index (Phi) is 9.17. The van der Waals surface area contributed by atoms with Crippen LogP contribution in [0, 0.1) is 0 Å². The highest BCUT2D eigenvalue weighted by Crippen LogP contribution is 2.38. The number of anilines is 2. The summed E-state index contributed by atoms with van der Waals surface area (Å²) in [7, 11) is -4.42. The molecule has 12 heteroatoms. The minimum atomic E-state index is -4.42. The van der Waals surface area contributed by atoms with Gasteiger partial charge in [-0.25, -0.2) is 23.2 Å². The molecule has 3 aromatic carbocycles. The molecule has 5 rings (SSSR count). The average molecular weight is 630 g/mol. The third kappa shape index (κ3) is 6.17. The molecule has 1 N–H and O–H groups in total. The van der Waals surface area contributed by atoms with E-state index in [0.717, 1.165) is 20.8 Å². The number of aliphatic carboxylic acids is 1. The number of fused-ring (bicyclic) bond motifs is 1. The van der Waals surface area contributed by atoms with E-state index in [9.17, 15) is 18.3 Å². The van der Waals surface area contributed by atoms with Gasteiger partial charge in [0.05, 0.1) is 23.8 Å². The quantitative estimate of drug-likeness (QED) is 0.218. The van der Waals surface area contributed by atoms with Crippen molar-refractivity contribution in [1.29, 1.82) is 0 Å². The van der Waals surface area contributed by atoms with Crippen LogP contribution in [-0.4, -0.2) is 61.8 Å². The molecule has 4 aromatic rings. The molecule has 0 bridgehead atoms. The van der Waals surface area contributed by atoms with Gasteiger partial charge in [0.2, 0.25) is 5.95 Å². The van der Waals surface area contributed by atoms with Crippen LogP contribution >= 0.6 is 23.2 Å². The Hall–Kier alpha value is -3.44. The second-order valence-corrected chi connectivity index (χ2v) is 12.6. The number of carboxylic acid groups (broad SMARTS) is 1. The molecule has 2 heterocycles. The lowest BCUT2D eigenvalue weighted by molar-refractivity contribution is -0.138. The molecule has 1 saturated heterocycles. The number of ether oxygens (including phenoxy) is 1. The van der Waals surface area contributed by atoms with E-state index in [1.165, 1.54) is 18.2 Å². The average Bonchev–Trinajstić information content (AvgIpc) is 2.98. The van der Waals surface area contributed by atoms with Crippen LogP contribution in [0.2, 0.25) is 10.0 Å². The maximum absolute atomic E-state index is 14.2. The summed E-state index contributed by atoms with van der Waals surface area (Å²) in [5, 5.41) is 11.8. The summed E-state index contributed by atoms with van der Waals surface area (Å²) in [5.41, 5.74) is 1.76. The summed E-state index contributed by atoms with van der Waals surface area (Å²) in [5.74, 6) is -0.638. The molecule has 1 aliphatic rings. The van der Waals surface area contributed by atoms with E-state index in [-0.39, 0.29) is 27.0 Å². The molecule has 1 aliphatic heterocycles. The van der Waals surface area contributed by atoms with Crippen molar-refractivity contribution in [2.75, 3.05) is 35.5 Å². The highest BCUT2D eigenvalue weighted by Gasteiger charge is 2.37. The van der Waals surface area contributed by atoms with Gasteiger partial charge in [0.1, 0.15) is 6.04 Å². The van der Waals surface area contributed by atoms with Crippen molar-refractivity contribution in [3.63, 3.8) is 0 Å². The van der Waals surface area contributed by atoms with E-state index in [1.807, 2.05) is 19.1 Å². The fourth-order valence-corrected chi connectivity index (χ4v) is 7.50. The molecule has 0 aliphatic carbocycles. The van der Waals surface area contributed by atoms with Crippen molar-refractivity contribution in [3.8, 4) is 11.1 Å². The number of hydrogen-bond donors (Lipinski definition) is 1. The zero-order valence-corrected chi connectivity index (χ0v) is 25.2. The van der Waals surface area contributed by atoms with E-state index in [2.05, 4.69) is 14.9 Å². The summed E-state index contributed by atoms with van der Waals surface area (Å²) >= 11 is 12.3. The Morgan fingerprint density at radius 3 is 2.31 bits per heavy atom. The molecule has 1 fully saturated rings. The second-order valence-electron chi connectivity index (χ2n) is 9.95. The highest BCUT2D eigenvalue weighted by molar-refractivity contribution is 7.93. The van der Waals surface area contributed by atoms with Gasteiger partial charge in [-0.3, -0.25) is 4.31 Å². The molecule has 0 spiro atoms. The first-order valence-corrected chi connectivity index (χ1v) is 15.8. The number of unbranched alkanes of at least 4 members (excludes halogenated alkanes) is 1. The van der Waals surface area contributed by atoms with Crippen LogP contribution in [0.4, 0.5) is 11.6 Å². The Morgan fingerprint density at radius 2 is 1.67 bits per heavy atom. The Labute approximate surface area is 254 Å². The number of nitrogens with zero attached hydrogens (tertiary/aromatic N) is 4. The first-order chi connectivity index (χ1) is 20.2. The van der Waals surface area contributed by atoms with Gasteiger partial charge in [-0.15, -0.1) is 0 Å². The zero-order chi connectivity index (χ0) is 29.9. The predicted molar refractivity (Wildman–Crippen MR) is 165 cm³/mol. The maximum Gasteiger partial charge on any atom is 0.327 e. The fraction of sp³-hybridized carbons (Fsp3) is 0.300. The molecule has 0 radical (unpaired) electrons. The molecular formula is C30H30Cl2N4O5S. The van der Waals surface area contributed by atoms with E-state index in [4.69, 9.17) is 27.9 Å². The predicted octanol–water partition coefficient (Wildman–Crippen LogP) is 6.28. The molecule has 1 atom stereocenters. The largest absolute Gasteiger partial charge is 0.480 e. The van der Waals surface area contributed by atoms with Crippen LogP contribution in [0.1, 0.15) is 26.2 Å². The molecular weight excluding hydrogens is 599 g/mol. The van der Waals surface area contributed by atoms with Crippen molar-refractivity contribution in [3.05, 3.63) is 77.0 Å². The van der Waals surface area contributed by atoms with Crippen molar-refractivity contribution < 1.29 is 23.1 Å². The first-order valence-electron chi connectivity index (χ1n) is 13.6. The number of morpholine rings is 1. The normalized spacial score (nSPS) is 14.6. The Bertz CT molecular complexity index is 1680. The molecule has 1 aromatic heterocycles. The van der Waals surface area contributed by atoms with Gasteiger partial charge in [-0.05, 0) is 41.6 Å². The van der Waals surface area contributed by atoms with Crippen molar-refractivity contribution in [2.45, 2.75) is 37.1 Å². The molecule has 220 valence electrons. The highest BCUT2D eigenvalue weighted by atomic mass is 35.5. The molecule has 9 nitrogen and oxygen atoms in total. The summed E-state index contributed by atoms with van der Waals surface area (Å²) < 4.78 is 34.9. The number of aromatic nitrogens is 2. The number of rotatable bonds is 10. The summed E-state index contributed by atoms with van der Waals surface area (Å²) in [6.07, 6.45) is 4.81. The number of carbonyl (C=O) groups is 1. The van der Waals surface area contributed by atoms with E-state index >= 15 is 0 Å². The number of benzene rings is 3. The van der Waals surface area contributed by atoms with E-state index in [0.29, 0.717) is 50.5 Å². The summed E-state index contributed by atoms with van der Waals surface area (Å²) in [6.45, 7) is 4.58. The van der Waals surface area contributed by atoms with Crippen LogP contribution in [-0.2, 0) is 19.6 Å². The minimum Gasteiger partial charge on any atom is -0.480 e. The SMILES string of the molecule is CCCCC(C(=O)O)N(c1cccc2c(-c3cnc(N4CCOCC4)nc3)cccc12)S(=O)(=O)c1cc(Cl)cc(Cl)c1. The molecule has 0 saturated carbocycles. The lowest BCUT2D eigenvalue weighted by atomic mass is 9.98. The lowest BCUT2D eigenvalue weighted by Crippen LogP contribution is -2.45. The molecule has 0 amide bonds. The Morgan fingerprint density at radius 1 is 1.02 bits per heavy atom. The van der Waals surface area contributed by atoms with Gasteiger partial charge in [0.15, 0.2) is 0 Å². The number of halogens is 2. The maximum atomic E-state index is 14.2. The van der Waals surface area contributed by atoms with Crippen LogP contribution in [0.15, 0.2) is 71.9 Å². The summed E-state index contributed by atoms with van der Waals surface area (Å²) in [6, 6.07) is 13.3. The third-order valence-corrected chi connectivity index (χ3v) is 9.41. The Balaban J connectivity index is 1.65. The smallest absolute Gasteiger partial charge is 0.327 e.